The maximum atomic E-state index is 4.95. The molecule has 0 saturated carbocycles. The van der Waals surface area contributed by atoms with E-state index in [0.29, 0.717) is 5.54 Å². The van der Waals surface area contributed by atoms with E-state index in [1.807, 2.05) is 30.7 Å². The molecular formula is C25H37N5OSi. The molecule has 0 amide bonds. The maximum Gasteiger partial charge on any atom is 0.140 e. The Morgan fingerprint density at radius 3 is 2.66 bits per heavy atom. The molecule has 5 heterocycles. The second-order valence-corrected chi connectivity index (χ2v) is 15.9. The number of pyridine rings is 2. The molecule has 1 unspecified atom stereocenters. The van der Waals surface area contributed by atoms with E-state index >= 15 is 0 Å². The first kappa shape index (κ1) is 23.0. The fraction of sp³-hybridized carbons (Fsp3) is 0.520. The lowest BCUT2D eigenvalue weighted by molar-refractivity contribution is 0.214. The van der Waals surface area contributed by atoms with Crippen molar-refractivity contribution in [2.24, 2.45) is 0 Å². The molecular weight excluding hydrogens is 414 g/mol. The molecule has 172 valence electrons. The van der Waals surface area contributed by atoms with E-state index in [1.165, 1.54) is 36.4 Å². The summed E-state index contributed by atoms with van der Waals surface area (Å²) >= 11 is 0. The van der Waals surface area contributed by atoms with E-state index in [4.69, 9.17) is 4.74 Å². The molecule has 32 heavy (non-hydrogen) atoms. The van der Waals surface area contributed by atoms with Gasteiger partial charge in [0.2, 0.25) is 0 Å². The molecule has 2 aliphatic rings. The Hall–Kier alpha value is -2.22. The zero-order valence-electron chi connectivity index (χ0n) is 19.9. The van der Waals surface area contributed by atoms with Crippen molar-refractivity contribution in [2.75, 3.05) is 38.3 Å². The summed E-state index contributed by atoms with van der Waals surface area (Å²) in [6.45, 7) is 11.3. The molecule has 2 saturated heterocycles. The van der Waals surface area contributed by atoms with Crippen molar-refractivity contribution in [3.05, 3.63) is 42.9 Å². The molecule has 1 spiro atoms. The number of ether oxygens (including phenoxy) is 1. The summed E-state index contributed by atoms with van der Waals surface area (Å²) in [4.78, 5) is 14.9. The highest BCUT2D eigenvalue weighted by molar-refractivity contribution is 6.76. The van der Waals surface area contributed by atoms with Gasteiger partial charge in [-0.1, -0.05) is 25.7 Å². The van der Waals surface area contributed by atoms with Crippen molar-refractivity contribution in [1.82, 2.24) is 20.3 Å². The van der Waals surface area contributed by atoms with Gasteiger partial charge in [-0.3, -0.25) is 4.98 Å². The third-order valence-electron chi connectivity index (χ3n) is 6.58. The molecule has 3 aromatic heterocycles. The number of hydrogen-bond donors (Lipinski definition) is 2. The summed E-state index contributed by atoms with van der Waals surface area (Å²) in [5.41, 5.74) is 4.65. The summed E-state index contributed by atoms with van der Waals surface area (Å²) in [7, 11) is 0.961. The van der Waals surface area contributed by atoms with Gasteiger partial charge in [-0.25, -0.2) is 4.98 Å². The van der Waals surface area contributed by atoms with Crippen molar-refractivity contribution < 1.29 is 4.74 Å². The van der Waals surface area contributed by atoms with Crippen LogP contribution in [0, 0.1) is 0 Å². The molecule has 2 N–H and O–H groups in total. The number of H-pyrrole nitrogens is 1. The number of rotatable bonds is 5. The summed E-state index contributed by atoms with van der Waals surface area (Å²) in [6.07, 6.45) is 9.59. The van der Waals surface area contributed by atoms with Crippen molar-refractivity contribution in [3.63, 3.8) is 0 Å². The smallest absolute Gasteiger partial charge is 0.140 e. The van der Waals surface area contributed by atoms with Crippen LogP contribution in [0.4, 0.5) is 5.69 Å². The SMILES string of the molecule is COCC[Si](C)(C)C.c1ccc(-c2c[nH]c3nccc(N4CCC5(CCCN5)C4)c23)nc1. The predicted octanol–water partition coefficient (Wildman–Crippen LogP) is 4.93. The zero-order chi connectivity index (χ0) is 22.6. The van der Waals surface area contributed by atoms with Gasteiger partial charge in [0.1, 0.15) is 5.65 Å². The Kier molecular flexibility index (Phi) is 6.98. The topological polar surface area (TPSA) is 66.1 Å². The highest BCUT2D eigenvalue weighted by Gasteiger charge is 2.40. The normalized spacial score (nSPS) is 20.7. The van der Waals surface area contributed by atoms with E-state index in [0.717, 1.165) is 43.1 Å². The van der Waals surface area contributed by atoms with Gasteiger partial charge in [0.15, 0.2) is 0 Å². The largest absolute Gasteiger partial charge is 0.385 e. The number of anilines is 1. The van der Waals surface area contributed by atoms with Crippen LogP contribution in [0.25, 0.3) is 22.3 Å². The Bertz CT molecular complexity index is 1010. The number of nitrogens with one attached hydrogen (secondary N) is 2. The minimum absolute atomic E-state index is 0.317. The van der Waals surface area contributed by atoms with Crippen LogP contribution in [0.15, 0.2) is 42.9 Å². The monoisotopic (exact) mass is 451 g/mol. The first-order valence-electron chi connectivity index (χ1n) is 11.8. The molecule has 0 radical (unpaired) electrons. The Morgan fingerprint density at radius 1 is 1.12 bits per heavy atom. The molecule has 2 fully saturated rings. The van der Waals surface area contributed by atoms with Gasteiger partial charge in [-0.05, 0) is 50.1 Å². The van der Waals surface area contributed by atoms with E-state index < -0.39 is 8.07 Å². The lowest BCUT2D eigenvalue weighted by atomic mass is 9.97. The first-order chi connectivity index (χ1) is 15.4. The van der Waals surface area contributed by atoms with Crippen molar-refractivity contribution in [3.8, 4) is 11.3 Å². The van der Waals surface area contributed by atoms with Crippen molar-refractivity contribution in [1.29, 1.82) is 0 Å². The van der Waals surface area contributed by atoms with Crippen LogP contribution in [0.2, 0.25) is 25.7 Å². The van der Waals surface area contributed by atoms with Crippen LogP contribution in [-0.2, 0) is 4.74 Å². The van der Waals surface area contributed by atoms with E-state index in [-0.39, 0.29) is 0 Å². The number of aromatic nitrogens is 3. The third kappa shape index (κ3) is 5.22. The van der Waals surface area contributed by atoms with Crippen LogP contribution in [0.3, 0.4) is 0 Å². The zero-order valence-corrected chi connectivity index (χ0v) is 20.9. The summed E-state index contributed by atoms with van der Waals surface area (Å²) in [6, 6.07) is 9.47. The van der Waals surface area contributed by atoms with Gasteiger partial charge in [0.05, 0.1) is 16.8 Å². The van der Waals surface area contributed by atoms with Crippen molar-refractivity contribution in [2.45, 2.75) is 50.5 Å². The summed E-state index contributed by atoms with van der Waals surface area (Å²) < 4.78 is 4.95. The second-order valence-electron chi connectivity index (χ2n) is 10.3. The number of hydrogen-bond acceptors (Lipinski definition) is 5. The van der Waals surface area contributed by atoms with Crippen LogP contribution >= 0.6 is 0 Å². The van der Waals surface area contributed by atoms with Crippen LogP contribution < -0.4 is 10.2 Å². The standard InChI is InChI=1S/C19H21N5.C6H16OSi/c1-2-8-20-15(4-1)14-12-22-18-17(14)16(5-10-21-18)24-11-7-19(13-24)6-3-9-23-19;1-7-5-6-8(2,3)4/h1-2,4-5,8,10,12,23H,3,6-7,9,11,13H2,(H,21,22);5-6H2,1-4H3. The maximum absolute atomic E-state index is 4.95. The molecule has 7 heteroatoms. The number of aromatic amines is 1. The van der Waals surface area contributed by atoms with Gasteiger partial charge >= 0.3 is 0 Å². The molecule has 1 atom stereocenters. The first-order valence-corrected chi connectivity index (χ1v) is 15.5. The van der Waals surface area contributed by atoms with Crippen LogP contribution in [0.5, 0.6) is 0 Å². The number of fused-ring (bicyclic) bond motifs is 1. The lowest BCUT2D eigenvalue weighted by Crippen LogP contribution is -2.42. The molecule has 0 bridgehead atoms. The fourth-order valence-corrected chi connectivity index (χ4v) is 5.55. The van der Waals surface area contributed by atoms with Crippen molar-refractivity contribution >= 4 is 24.8 Å². The van der Waals surface area contributed by atoms with Gasteiger partial charge < -0.3 is 19.9 Å². The van der Waals surface area contributed by atoms with Gasteiger partial charge in [-0.15, -0.1) is 0 Å². The average molecular weight is 452 g/mol. The second kappa shape index (κ2) is 9.73. The molecule has 2 aliphatic heterocycles. The molecule has 3 aromatic rings. The highest BCUT2D eigenvalue weighted by Crippen LogP contribution is 2.38. The summed E-state index contributed by atoms with van der Waals surface area (Å²) in [5, 5.41) is 4.93. The number of nitrogens with zero attached hydrogens (tertiary/aromatic N) is 3. The Morgan fingerprint density at radius 2 is 2.00 bits per heavy atom. The molecule has 0 aromatic carbocycles. The molecule has 0 aliphatic carbocycles. The fourth-order valence-electron chi connectivity index (χ4n) is 4.73. The van der Waals surface area contributed by atoms with E-state index in [1.54, 1.807) is 7.11 Å². The summed E-state index contributed by atoms with van der Waals surface area (Å²) in [5.74, 6) is 0. The van der Waals surface area contributed by atoms with Gasteiger partial charge in [-0.2, -0.15) is 0 Å². The predicted molar refractivity (Wildman–Crippen MR) is 136 cm³/mol. The minimum Gasteiger partial charge on any atom is -0.385 e. The van der Waals surface area contributed by atoms with Crippen LogP contribution in [-0.4, -0.2) is 61.9 Å². The van der Waals surface area contributed by atoms with E-state index in [9.17, 15) is 0 Å². The lowest BCUT2D eigenvalue weighted by Gasteiger charge is -2.25. The minimum atomic E-state index is -0.803. The quantitative estimate of drug-likeness (QED) is 0.539. The third-order valence-corrected chi connectivity index (χ3v) is 8.28. The Balaban J connectivity index is 0.000000265. The molecule has 6 nitrogen and oxygen atoms in total. The van der Waals surface area contributed by atoms with E-state index in [2.05, 4.69) is 56.9 Å². The van der Waals surface area contributed by atoms with Gasteiger partial charge in [0, 0.05) is 64.6 Å². The van der Waals surface area contributed by atoms with Crippen LogP contribution in [0.1, 0.15) is 19.3 Å². The van der Waals surface area contributed by atoms with Gasteiger partial charge in [0.25, 0.3) is 0 Å². The average Bonchev–Trinajstić information content (AvgIpc) is 3.53. The number of methoxy groups -OCH3 is 1. The molecule has 5 rings (SSSR count). The highest BCUT2D eigenvalue weighted by atomic mass is 28.3. The Labute approximate surface area is 192 Å².